The van der Waals surface area contributed by atoms with Gasteiger partial charge in [-0.3, -0.25) is 9.59 Å². The number of aliphatic hydroxyl groups is 1. The highest BCUT2D eigenvalue weighted by Crippen LogP contribution is 2.37. The van der Waals surface area contributed by atoms with Crippen molar-refractivity contribution in [3.63, 3.8) is 0 Å². The molecule has 1 aliphatic carbocycles. The van der Waals surface area contributed by atoms with E-state index in [1.807, 2.05) is 6.92 Å². The monoisotopic (exact) mass is 342 g/mol. The minimum atomic E-state index is -0.737. The van der Waals surface area contributed by atoms with Gasteiger partial charge in [0.1, 0.15) is 5.82 Å². The molecule has 3 N–H and O–H groups in total. The Morgan fingerprint density at radius 1 is 1.48 bits per heavy atom. The van der Waals surface area contributed by atoms with Gasteiger partial charge in [-0.25, -0.2) is 4.39 Å². The number of carbonyl (C=O) groups excluding carboxylic acids is 2. The summed E-state index contributed by atoms with van der Waals surface area (Å²) in [7, 11) is 0. The van der Waals surface area contributed by atoms with E-state index in [4.69, 9.17) is 11.6 Å². The Kier molecular flexibility index (Phi) is 5.59. The van der Waals surface area contributed by atoms with E-state index in [1.54, 1.807) is 0 Å². The van der Waals surface area contributed by atoms with Gasteiger partial charge in [-0.15, -0.1) is 0 Å². The minimum absolute atomic E-state index is 0.00482. The van der Waals surface area contributed by atoms with Crippen LogP contribution in [0.15, 0.2) is 18.2 Å². The van der Waals surface area contributed by atoms with Crippen molar-refractivity contribution in [3.8, 4) is 0 Å². The highest BCUT2D eigenvalue weighted by atomic mass is 35.5. The van der Waals surface area contributed by atoms with Crippen molar-refractivity contribution in [3.05, 3.63) is 34.6 Å². The molecule has 0 bridgehead atoms. The lowest BCUT2D eigenvalue weighted by molar-refractivity contribution is -0.121. The number of amides is 2. The standard InChI is InChI=1S/C16H20ClFN2O3/c1-16(9-21)7-3-6-12(16)20-13(22)8-19-15(23)14-10(17)4-2-5-11(14)18/h2,4-5,12,21H,3,6-9H2,1H3,(H,19,23)(H,20,22). The smallest absolute Gasteiger partial charge is 0.256 e. The molecule has 126 valence electrons. The predicted octanol–water partition coefficient (Wildman–Crippen LogP) is 1.88. The highest BCUT2D eigenvalue weighted by Gasteiger charge is 2.39. The quantitative estimate of drug-likeness (QED) is 0.764. The fourth-order valence-electron chi connectivity index (χ4n) is 2.88. The molecule has 5 nitrogen and oxygen atoms in total. The number of rotatable bonds is 5. The third-order valence-electron chi connectivity index (χ3n) is 4.38. The summed E-state index contributed by atoms with van der Waals surface area (Å²) < 4.78 is 13.6. The molecule has 1 aromatic rings. The maximum absolute atomic E-state index is 13.6. The molecule has 1 fully saturated rings. The summed E-state index contributed by atoms with van der Waals surface area (Å²) >= 11 is 5.80. The third-order valence-corrected chi connectivity index (χ3v) is 4.69. The van der Waals surface area contributed by atoms with Gasteiger partial charge in [-0.05, 0) is 25.0 Å². The first-order chi connectivity index (χ1) is 10.9. The molecule has 0 aromatic heterocycles. The van der Waals surface area contributed by atoms with Crippen LogP contribution in [0.25, 0.3) is 0 Å². The summed E-state index contributed by atoms with van der Waals surface area (Å²) in [5, 5.41) is 14.6. The average Bonchev–Trinajstić information content (AvgIpc) is 2.87. The van der Waals surface area contributed by atoms with Gasteiger partial charge in [-0.2, -0.15) is 0 Å². The van der Waals surface area contributed by atoms with E-state index in [2.05, 4.69) is 10.6 Å². The van der Waals surface area contributed by atoms with Crippen molar-refractivity contribution in [2.75, 3.05) is 13.2 Å². The van der Waals surface area contributed by atoms with E-state index < -0.39 is 11.7 Å². The van der Waals surface area contributed by atoms with E-state index in [-0.39, 0.29) is 41.1 Å². The Labute approximate surface area is 139 Å². The van der Waals surface area contributed by atoms with Crippen LogP contribution in [0.2, 0.25) is 5.02 Å². The van der Waals surface area contributed by atoms with E-state index in [9.17, 15) is 19.1 Å². The molecule has 0 radical (unpaired) electrons. The van der Waals surface area contributed by atoms with Crippen molar-refractivity contribution in [2.45, 2.75) is 32.2 Å². The van der Waals surface area contributed by atoms with Gasteiger partial charge in [0, 0.05) is 11.5 Å². The van der Waals surface area contributed by atoms with Crippen LogP contribution in [-0.2, 0) is 4.79 Å². The molecule has 1 saturated carbocycles. The lowest BCUT2D eigenvalue weighted by atomic mass is 9.86. The van der Waals surface area contributed by atoms with Crippen molar-refractivity contribution in [2.24, 2.45) is 5.41 Å². The van der Waals surface area contributed by atoms with E-state index in [1.165, 1.54) is 12.1 Å². The summed E-state index contributed by atoms with van der Waals surface area (Å²) in [6.07, 6.45) is 2.56. The van der Waals surface area contributed by atoms with Gasteiger partial charge in [0.25, 0.3) is 5.91 Å². The van der Waals surface area contributed by atoms with Crippen LogP contribution in [0.5, 0.6) is 0 Å². The summed E-state index contributed by atoms with van der Waals surface area (Å²) in [6.45, 7) is 1.64. The van der Waals surface area contributed by atoms with E-state index >= 15 is 0 Å². The summed E-state index contributed by atoms with van der Waals surface area (Å²) in [5.74, 6) is -1.85. The Hall–Kier alpha value is -1.66. The average molecular weight is 343 g/mol. The number of hydrogen-bond donors (Lipinski definition) is 3. The molecule has 0 heterocycles. The molecule has 7 heteroatoms. The Balaban J connectivity index is 1.91. The largest absolute Gasteiger partial charge is 0.396 e. The number of hydrogen-bond acceptors (Lipinski definition) is 3. The van der Waals surface area contributed by atoms with E-state index in [0.29, 0.717) is 0 Å². The Morgan fingerprint density at radius 3 is 2.87 bits per heavy atom. The van der Waals surface area contributed by atoms with Crippen LogP contribution in [0.4, 0.5) is 4.39 Å². The molecule has 0 saturated heterocycles. The first-order valence-electron chi connectivity index (χ1n) is 7.50. The SMILES string of the molecule is CC1(CO)CCCC1NC(=O)CNC(=O)c1c(F)cccc1Cl. The summed E-state index contributed by atoms with van der Waals surface area (Å²) in [5.41, 5.74) is -0.614. The molecular formula is C16H20ClFN2O3. The van der Waals surface area contributed by atoms with Crippen LogP contribution >= 0.6 is 11.6 Å². The Morgan fingerprint density at radius 2 is 2.22 bits per heavy atom. The third kappa shape index (κ3) is 4.00. The van der Waals surface area contributed by atoms with Crippen molar-refractivity contribution in [1.29, 1.82) is 0 Å². The zero-order chi connectivity index (χ0) is 17.0. The van der Waals surface area contributed by atoms with Gasteiger partial charge in [0.05, 0.1) is 23.7 Å². The molecule has 23 heavy (non-hydrogen) atoms. The lowest BCUT2D eigenvalue weighted by Gasteiger charge is -2.30. The van der Waals surface area contributed by atoms with Crippen molar-refractivity contribution in [1.82, 2.24) is 10.6 Å². The van der Waals surface area contributed by atoms with Crippen LogP contribution < -0.4 is 10.6 Å². The summed E-state index contributed by atoms with van der Waals surface area (Å²) in [6, 6.07) is 3.81. The number of aliphatic hydroxyl groups excluding tert-OH is 1. The number of benzene rings is 1. The fourth-order valence-corrected chi connectivity index (χ4v) is 3.13. The fraction of sp³-hybridized carbons (Fsp3) is 0.500. The summed E-state index contributed by atoms with van der Waals surface area (Å²) in [4.78, 5) is 23.9. The van der Waals surface area contributed by atoms with Gasteiger partial charge < -0.3 is 15.7 Å². The molecule has 2 amide bonds. The van der Waals surface area contributed by atoms with Gasteiger partial charge in [0.15, 0.2) is 0 Å². The van der Waals surface area contributed by atoms with Crippen LogP contribution in [0, 0.1) is 11.2 Å². The Bertz CT molecular complexity index is 591. The molecular weight excluding hydrogens is 323 g/mol. The van der Waals surface area contributed by atoms with Crippen molar-refractivity contribution >= 4 is 23.4 Å². The van der Waals surface area contributed by atoms with Crippen LogP contribution in [-0.4, -0.2) is 36.1 Å². The number of carbonyl (C=O) groups is 2. The molecule has 2 rings (SSSR count). The minimum Gasteiger partial charge on any atom is -0.396 e. The van der Waals surface area contributed by atoms with Gasteiger partial charge >= 0.3 is 0 Å². The molecule has 1 aliphatic rings. The topological polar surface area (TPSA) is 78.4 Å². The first kappa shape index (κ1) is 17.7. The highest BCUT2D eigenvalue weighted by molar-refractivity contribution is 6.33. The lowest BCUT2D eigenvalue weighted by Crippen LogP contribution is -2.48. The number of nitrogens with one attached hydrogen (secondary N) is 2. The molecule has 1 aromatic carbocycles. The second-order valence-corrected chi connectivity index (χ2v) is 6.51. The second-order valence-electron chi connectivity index (χ2n) is 6.10. The second kappa shape index (κ2) is 7.27. The molecule has 0 spiro atoms. The normalized spacial score (nSPS) is 23.6. The zero-order valence-corrected chi connectivity index (χ0v) is 13.6. The molecule has 2 unspecified atom stereocenters. The van der Waals surface area contributed by atoms with Crippen LogP contribution in [0.1, 0.15) is 36.5 Å². The molecule has 0 aliphatic heterocycles. The maximum Gasteiger partial charge on any atom is 0.256 e. The predicted molar refractivity (Wildman–Crippen MR) is 84.7 cm³/mol. The number of halogens is 2. The maximum atomic E-state index is 13.6. The van der Waals surface area contributed by atoms with Gasteiger partial charge in [0.2, 0.25) is 5.91 Å². The van der Waals surface area contributed by atoms with Gasteiger partial charge in [-0.1, -0.05) is 31.0 Å². The van der Waals surface area contributed by atoms with Crippen molar-refractivity contribution < 1.29 is 19.1 Å². The van der Waals surface area contributed by atoms with Crippen LogP contribution in [0.3, 0.4) is 0 Å². The molecule has 2 atom stereocenters. The zero-order valence-electron chi connectivity index (χ0n) is 12.9. The first-order valence-corrected chi connectivity index (χ1v) is 7.87. The van der Waals surface area contributed by atoms with E-state index in [0.717, 1.165) is 25.3 Å².